The van der Waals surface area contributed by atoms with Crippen molar-refractivity contribution in [1.82, 2.24) is 5.32 Å². The van der Waals surface area contributed by atoms with Gasteiger partial charge in [-0.15, -0.1) is 23.2 Å². The van der Waals surface area contributed by atoms with Crippen molar-refractivity contribution in [1.29, 1.82) is 0 Å². The SMILES string of the molecule is CC(=NCCCCl)c1cccc(F)c1.CC(=O)c1cccc(F)c1.CC(C)(C)c1ccc(-c2ccc(C(C)(C)C)cc2)cc1.CC1(c2cccc(F)c2)CCCN1.NCCCCl. The molecule has 1 saturated heterocycles. The molecule has 0 bridgehead atoms. The van der Waals surface area contributed by atoms with Crippen molar-refractivity contribution in [3.63, 3.8) is 0 Å². The first-order chi connectivity index (χ1) is 29.2. The zero-order valence-electron chi connectivity index (χ0n) is 38.2. The summed E-state index contributed by atoms with van der Waals surface area (Å²) in [6.07, 6.45) is 4.05. The zero-order valence-corrected chi connectivity index (χ0v) is 39.7. The molecule has 0 radical (unpaired) electrons. The fourth-order valence-corrected chi connectivity index (χ4v) is 6.47. The Kier molecular flexibility index (Phi) is 23.5. The topological polar surface area (TPSA) is 67.5 Å². The normalized spacial score (nSPS) is 14.7. The van der Waals surface area contributed by atoms with E-state index in [4.69, 9.17) is 28.9 Å². The fourth-order valence-electron chi connectivity index (χ4n) is 6.19. The van der Waals surface area contributed by atoms with Crippen molar-refractivity contribution >= 4 is 34.7 Å². The molecule has 1 aliphatic heterocycles. The zero-order chi connectivity index (χ0) is 46.3. The van der Waals surface area contributed by atoms with Gasteiger partial charge in [-0.3, -0.25) is 9.79 Å². The minimum Gasteiger partial charge on any atom is -0.330 e. The van der Waals surface area contributed by atoms with Gasteiger partial charge in [0.25, 0.3) is 0 Å². The summed E-state index contributed by atoms with van der Waals surface area (Å²) in [4.78, 5) is 14.9. The summed E-state index contributed by atoms with van der Waals surface area (Å²) in [5, 5.41) is 3.41. The van der Waals surface area contributed by atoms with Crippen LogP contribution in [0.5, 0.6) is 0 Å². The Labute approximate surface area is 380 Å². The molecular formula is C53H68Cl2F3N3O. The average molecular weight is 891 g/mol. The van der Waals surface area contributed by atoms with E-state index in [2.05, 4.69) is 107 Å². The molecule has 0 aromatic heterocycles. The highest BCUT2D eigenvalue weighted by atomic mass is 35.5. The lowest BCUT2D eigenvalue weighted by Crippen LogP contribution is -2.33. The number of hydrogen-bond acceptors (Lipinski definition) is 4. The first kappa shape index (κ1) is 53.9. The van der Waals surface area contributed by atoms with Gasteiger partial charge in [-0.05, 0) is 140 Å². The molecule has 0 spiro atoms. The number of nitrogens with one attached hydrogen (secondary N) is 1. The summed E-state index contributed by atoms with van der Waals surface area (Å²) >= 11 is 10.7. The third-order valence-electron chi connectivity index (χ3n) is 10.1. The van der Waals surface area contributed by atoms with Crippen LogP contribution in [0.4, 0.5) is 13.2 Å². The smallest absolute Gasteiger partial charge is 0.159 e. The van der Waals surface area contributed by atoms with E-state index in [-0.39, 0.29) is 39.6 Å². The molecule has 9 heteroatoms. The second kappa shape index (κ2) is 27.0. The van der Waals surface area contributed by atoms with Gasteiger partial charge in [0.05, 0.1) is 0 Å². The molecule has 5 aromatic carbocycles. The number of nitrogens with zero attached hydrogens (tertiary/aromatic N) is 1. The van der Waals surface area contributed by atoms with Gasteiger partial charge >= 0.3 is 0 Å². The maximum absolute atomic E-state index is 13.0. The summed E-state index contributed by atoms with van der Waals surface area (Å²) in [7, 11) is 0. The maximum atomic E-state index is 13.0. The van der Waals surface area contributed by atoms with Crippen molar-refractivity contribution in [2.24, 2.45) is 10.7 Å². The molecule has 3 N–H and O–H groups in total. The van der Waals surface area contributed by atoms with Crippen LogP contribution in [0.15, 0.2) is 126 Å². The molecule has 1 heterocycles. The Morgan fingerprint density at radius 2 is 1.13 bits per heavy atom. The van der Waals surface area contributed by atoms with Gasteiger partial charge in [0.15, 0.2) is 5.78 Å². The number of carbonyl (C=O) groups is 1. The third-order valence-corrected chi connectivity index (χ3v) is 10.7. The number of ketones is 1. The van der Waals surface area contributed by atoms with E-state index in [0.717, 1.165) is 42.6 Å². The van der Waals surface area contributed by atoms with Crippen LogP contribution in [-0.2, 0) is 16.4 Å². The molecule has 1 fully saturated rings. The molecule has 4 nitrogen and oxygen atoms in total. The Hall–Kier alpha value is -4.27. The lowest BCUT2D eigenvalue weighted by atomic mass is 9.85. The number of rotatable bonds is 9. The van der Waals surface area contributed by atoms with Gasteiger partial charge in [-0.25, -0.2) is 13.2 Å². The second-order valence-corrected chi connectivity index (χ2v) is 18.2. The highest BCUT2D eigenvalue weighted by molar-refractivity contribution is 6.18. The van der Waals surface area contributed by atoms with Crippen molar-refractivity contribution < 1.29 is 18.0 Å². The van der Waals surface area contributed by atoms with E-state index in [1.807, 2.05) is 19.1 Å². The molecule has 1 unspecified atom stereocenters. The van der Waals surface area contributed by atoms with Crippen LogP contribution in [0.25, 0.3) is 11.1 Å². The van der Waals surface area contributed by atoms with Crippen LogP contribution >= 0.6 is 23.2 Å². The van der Waals surface area contributed by atoms with Crippen molar-refractivity contribution in [2.45, 2.75) is 104 Å². The summed E-state index contributed by atoms with van der Waals surface area (Å²) in [6.45, 7) is 21.4. The molecule has 1 aliphatic rings. The number of nitrogens with two attached hydrogens (primary N) is 1. The molecular weight excluding hydrogens is 823 g/mol. The molecule has 0 saturated carbocycles. The van der Waals surface area contributed by atoms with Gasteiger partial charge in [0.2, 0.25) is 0 Å². The van der Waals surface area contributed by atoms with Gasteiger partial charge in [-0.1, -0.05) is 126 Å². The van der Waals surface area contributed by atoms with E-state index < -0.39 is 0 Å². The minimum absolute atomic E-state index is 0.0118. The third kappa shape index (κ3) is 19.8. The molecule has 0 aliphatic carbocycles. The number of hydrogen-bond donors (Lipinski definition) is 2. The van der Waals surface area contributed by atoms with Gasteiger partial charge < -0.3 is 11.1 Å². The molecule has 1 atom stereocenters. The van der Waals surface area contributed by atoms with E-state index in [9.17, 15) is 18.0 Å². The number of halogens is 5. The first-order valence-corrected chi connectivity index (χ1v) is 22.4. The minimum atomic E-state index is -0.368. The predicted octanol–water partition coefficient (Wildman–Crippen LogP) is 14.2. The molecule has 6 rings (SSSR count). The van der Waals surface area contributed by atoms with Crippen molar-refractivity contribution in [3.05, 3.63) is 167 Å². The van der Waals surface area contributed by atoms with Crippen LogP contribution in [0.3, 0.4) is 0 Å². The summed E-state index contributed by atoms with van der Waals surface area (Å²) in [5.41, 5.74) is 14.0. The highest BCUT2D eigenvalue weighted by Gasteiger charge is 2.29. The van der Waals surface area contributed by atoms with Crippen LogP contribution in [0.1, 0.15) is 121 Å². The molecule has 5 aromatic rings. The number of carbonyl (C=O) groups excluding carboxylic acids is 1. The monoisotopic (exact) mass is 889 g/mol. The standard InChI is InChI=1S/C20H26.C11H13ClFN.C11H14FN.C8H7FO.C3H8ClN/c1-19(2,3)17-11-7-15(8-12-17)16-9-13-18(14-10-16)20(4,5)6;1-9(14-7-3-6-12)10-4-2-5-11(13)8-10;1-11(6-3-7-13-11)9-4-2-5-10(12)8-9;1-6(10)7-3-2-4-8(9)5-7;4-2-1-3-5/h7-14H,1-6H3;2,4-5,8H,3,6-7H2,1H3;2,4-5,8,13H,3,6-7H2,1H3;2-5H,1H3;1-3,5H2. The Morgan fingerprint density at radius 3 is 1.48 bits per heavy atom. The van der Waals surface area contributed by atoms with Crippen LogP contribution in [-0.4, -0.2) is 42.9 Å². The van der Waals surface area contributed by atoms with E-state index in [1.54, 1.807) is 24.3 Å². The molecule has 62 heavy (non-hydrogen) atoms. The van der Waals surface area contributed by atoms with Crippen molar-refractivity contribution in [3.8, 4) is 11.1 Å². The molecule has 0 amide bonds. The predicted molar refractivity (Wildman–Crippen MR) is 260 cm³/mol. The van der Waals surface area contributed by atoms with E-state index in [0.29, 0.717) is 30.4 Å². The number of Topliss-reactive ketones (excluding diaryl/α,β-unsaturated/α-hetero) is 1. The quantitative estimate of drug-likeness (QED) is 0.0670. The lowest BCUT2D eigenvalue weighted by molar-refractivity contribution is 0.101. The van der Waals surface area contributed by atoms with E-state index in [1.165, 1.54) is 72.0 Å². The lowest BCUT2D eigenvalue weighted by Gasteiger charge is -2.24. The number of alkyl halides is 2. The number of aliphatic imine (C=N–C) groups is 1. The fraction of sp³-hybridized carbons (Fsp3) is 0.396. The second-order valence-electron chi connectivity index (χ2n) is 17.4. The highest BCUT2D eigenvalue weighted by Crippen LogP contribution is 2.31. The Bertz CT molecular complexity index is 2030. The average Bonchev–Trinajstić information content (AvgIpc) is 3.69. The van der Waals surface area contributed by atoms with E-state index >= 15 is 0 Å². The summed E-state index contributed by atoms with van der Waals surface area (Å²) < 4.78 is 38.2. The summed E-state index contributed by atoms with van der Waals surface area (Å²) in [6, 6.07) is 36.9. The summed E-state index contributed by atoms with van der Waals surface area (Å²) in [5.74, 6) is 0.449. The maximum Gasteiger partial charge on any atom is 0.159 e. The van der Waals surface area contributed by atoms with Crippen LogP contribution < -0.4 is 11.1 Å². The number of benzene rings is 5. The van der Waals surface area contributed by atoms with Gasteiger partial charge in [0.1, 0.15) is 17.5 Å². The largest absolute Gasteiger partial charge is 0.330 e. The van der Waals surface area contributed by atoms with Crippen LogP contribution in [0, 0.1) is 17.5 Å². The van der Waals surface area contributed by atoms with Gasteiger partial charge in [0, 0.05) is 35.1 Å². The first-order valence-electron chi connectivity index (χ1n) is 21.3. The molecule has 336 valence electrons. The van der Waals surface area contributed by atoms with Gasteiger partial charge in [-0.2, -0.15) is 0 Å². The van der Waals surface area contributed by atoms with Crippen molar-refractivity contribution in [2.75, 3.05) is 31.4 Å². The van der Waals surface area contributed by atoms with Crippen LogP contribution in [0.2, 0.25) is 0 Å². The Morgan fingerprint density at radius 1 is 0.677 bits per heavy atom. The Balaban J connectivity index is 0.000000281.